The number of amides is 2. The van der Waals surface area contributed by atoms with Crippen molar-refractivity contribution < 1.29 is 27.2 Å². The molecule has 0 fully saturated rings. The van der Waals surface area contributed by atoms with Crippen LogP contribution in [0.5, 0.6) is 0 Å². The normalized spacial score (nSPS) is 11.5. The molecule has 0 atom stereocenters. The van der Waals surface area contributed by atoms with Gasteiger partial charge >= 0.3 is 11.8 Å². The van der Waals surface area contributed by atoms with E-state index in [0.717, 1.165) is 0 Å². The number of nitrogens with one attached hydrogen (secondary N) is 3. The van der Waals surface area contributed by atoms with Crippen LogP contribution in [0.2, 0.25) is 0 Å². The lowest BCUT2D eigenvalue weighted by Crippen LogP contribution is -2.38. The van der Waals surface area contributed by atoms with Gasteiger partial charge in [-0.3, -0.25) is 9.59 Å². The van der Waals surface area contributed by atoms with Crippen LogP contribution in [-0.2, 0) is 30.9 Å². The standard InChI is InChI=1S/C18H22N4O6S/c1-27-11-5-10-19-17(23)18(24)22-20-12-14-8-9-15(28-14)13-21-29(25,26)16-6-3-2-4-7-16/h2-4,6-9,12,21H,5,10-11,13H2,1H3,(H,19,23)(H,22,24)/b20-12+. The van der Waals surface area contributed by atoms with Gasteiger partial charge in [-0.15, -0.1) is 0 Å². The van der Waals surface area contributed by atoms with Crippen molar-refractivity contribution in [3.63, 3.8) is 0 Å². The van der Waals surface area contributed by atoms with Crippen LogP contribution < -0.4 is 15.5 Å². The van der Waals surface area contributed by atoms with E-state index in [0.29, 0.717) is 25.3 Å². The van der Waals surface area contributed by atoms with Gasteiger partial charge < -0.3 is 14.5 Å². The highest BCUT2D eigenvalue weighted by Crippen LogP contribution is 2.10. The number of hydrogen-bond donors (Lipinski definition) is 3. The number of rotatable bonds is 10. The molecule has 29 heavy (non-hydrogen) atoms. The molecule has 0 bridgehead atoms. The lowest BCUT2D eigenvalue weighted by atomic mass is 10.4. The van der Waals surface area contributed by atoms with E-state index >= 15 is 0 Å². The number of methoxy groups -OCH3 is 1. The van der Waals surface area contributed by atoms with Crippen molar-refractivity contribution in [3.05, 3.63) is 54.0 Å². The van der Waals surface area contributed by atoms with Crippen molar-refractivity contribution in [2.45, 2.75) is 17.9 Å². The molecule has 0 radical (unpaired) electrons. The number of sulfonamides is 1. The lowest BCUT2D eigenvalue weighted by molar-refractivity contribution is -0.139. The molecule has 0 aliphatic carbocycles. The molecule has 156 valence electrons. The Hall–Kier alpha value is -3.02. The first-order chi connectivity index (χ1) is 13.9. The third kappa shape index (κ3) is 7.49. The summed E-state index contributed by atoms with van der Waals surface area (Å²) in [5, 5.41) is 6.06. The lowest BCUT2D eigenvalue weighted by Gasteiger charge is -2.04. The van der Waals surface area contributed by atoms with Gasteiger partial charge in [0.25, 0.3) is 0 Å². The number of benzene rings is 1. The van der Waals surface area contributed by atoms with E-state index in [2.05, 4.69) is 20.6 Å². The van der Waals surface area contributed by atoms with Gasteiger partial charge in [0.1, 0.15) is 11.5 Å². The minimum absolute atomic E-state index is 0.0543. The Labute approximate surface area is 168 Å². The Morgan fingerprint density at radius 3 is 2.62 bits per heavy atom. The maximum Gasteiger partial charge on any atom is 0.329 e. The molecule has 2 rings (SSSR count). The Bertz CT molecular complexity index is 940. The zero-order valence-corrected chi connectivity index (χ0v) is 16.6. The molecule has 0 aliphatic heterocycles. The summed E-state index contributed by atoms with van der Waals surface area (Å²) in [6, 6.07) is 11.1. The number of ether oxygens (including phenoxy) is 1. The average molecular weight is 422 g/mol. The van der Waals surface area contributed by atoms with Gasteiger partial charge in [-0.1, -0.05) is 18.2 Å². The third-order valence-electron chi connectivity index (χ3n) is 3.55. The Morgan fingerprint density at radius 1 is 1.14 bits per heavy atom. The van der Waals surface area contributed by atoms with Crippen molar-refractivity contribution in [3.8, 4) is 0 Å². The summed E-state index contributed by atoms with van der Waals surface area (Å²) in [6.07, 6.45) is 1.79. The molecule has 3 N–H and O–H groups in total. The Morgan fingerprint density at radius 2 is 1.90 bits per heavy atom. The number of hydrogen-bond acceptors (Lipinski definition) is 7. The van der Waals surface area contributed by atoms with Crippen LogP contribution in [0.1, 0.15) is 17.9 Å². The van der Waals surface area contributed by atoms with Gasteiger partial charge in [-0.25, -0.2) is 18.6 Å². The number of carbonyl (C=O) groups is 2. The molecular formula is C18H22N4O6S. The first kappa shape index (κ1) is 22.3. The average Bonchev–Trinajstić information content (AvgIpc) is 3.18. The highest BCUT2D eigenvalue weighted by atomic mass is 32.2. The van der Waals surface area contributed by atoms with Crippen molar-refractivity contribution in [1.82, 2.24) is 15.5 Å². The molecule has 1 heterocycles. The molecule has 0 unspecified atom stereocenters. The highest BCUT2D eigenvalue weighted by Gasteiger charge is 2.14. The quantitative estimate of drug-likeness (QED) is 0.219. The summed E-state index contributed by atoms with van der Waals surface area (Å²) in [6.45, 7) is 0.730. The van der Waals surface area contributed by atoms with Crippen molar-refractivity contribution in [2.24, 2.45) is 5.10 Å². The molecular weight excluding hydrogens is 400 g/mol. The van der Waals surface area contributed by atoms with Crippen LogP contribution in [0.3, 0.4) is 0 Å². The van der Waals surface area contributed by atoms with Crippen LogP contribution in [-0.4, -0.2) is 46.7 Å². The zero-order valence-electron chi connectivity index (χ0n) is 15.8. The van der Waals surface area contributed by atoms with E-state index in [4.69, 9.17) is 9.15 Å². The molecule has 11 heteroatoms. The van der Waals surface area contributed by atoms with E-state index in [1.165, 1.54) is 18.3 Å². The molecule has 2 amide bonds. The molecule has 10 nitrogen and oxygen atoms in total. The molecule has 0 saturated heterocycles. The number of hydrazone groups is 1. The fraction of sp³-hybridized carbons (Fsp3) is 0.278. The van der Waals surface area contributed by atoms with Crippen molar-refractivity contribution in [2.75, 3.05) is 20.3 Å². The monoisotopic (exact) mass is 422 g/mol. The Kier molecular flexibility index (Phi) is 8.52. The SMILES string of the molecule is COCCCNC(=O)C(=O)N/N=C/c1ccc(CNS(=O)(=O)c2ccccc2)o1. The van der Waals surface area contributed by atoms with Crippen molar-refractivity contribution in [1.29, 1.82) is 0 Å². The van der Waals surface area contributed by atoms with Crippen LogP contribution in [0.25, 0.3) is 0 Å². The predicted molar refractivity (Wildman–Crippen MR) is 104 cm³/mol. The number of carbonyl (C=O) groups excluding carboxylic acids is 2. The van der Waals surface area contributed by atoms with Gasteiger partial charge in [0.2, 0.25) is 10.0 Å². The summed E-state index contributed by atoms with van der Waals surface area (Å²) < 4.78 is 37.0. The number of furan rings is 1. The molecule has 1 aromatic carbocycles. The van der Waals surface area contributed by atoms with E-state index in [1.807, 2.05) is 0 Å². The van der Waals surface area contributed by atoms with Crippen LogP contribution in [0.15, 0.2) is 56.9 Å². The predicted octanol–water partition coefficient (Wildman–Crippen LogP) is 0.361. The minimum atomic E-state index is -3.65. The van der Waals surface area contributed by atoms with Gasteiger partial charge in [-0.2, -0.15) is 5.10 Å². The van der Waals surface area contributed by atoms with Gasteiger partial charge in [0.15, 0.2) is 0 Å². The second kappa shape index (κ2) is 11.1. The van der Waals surface area contributed by atoms with Gasteiger partial charge in [0.05, 0.1) is 17.7 Å². The summed E-state index contributed by atoms with van der Waals surface area (Å²) in [5.74, 6) is -1.09. The largest absolute Gasteiger partial charge is 0.459 e. The minimum Gasteiger partial charge on any atom is -0.459 e. The molecule has 1 aromatic heterocycles. The van der Waals surface area contributed by atoms with Crippen LogP contribution in [0, 0.1) is 0 Å². The first-order valence-electron chi connectivity index (χ1n) is 8.66. The molecule has 0 spiro atoms. The fourth-order valence-electron chi connectivity index (χ4n) is 2.11. The topological polar surface area (TPSA) is 139 Å². The maximum atomic E-state index is 12.2. The van der Waals surface area contributed by atoms with E-state index in [1.54, 1.807) is 37.4 Å². The van der Waals surface area contributed by atoms with E-state index in [-0.39, 0.29) is 17.2 Å². The molecule has 0 saturated carbocycles. The van der Waals surface area contributed by atoms with Crippen molar-refractivity contribution >= 4 is 28.1 Å². The van der Waals surface area contributed by atoms with Crippen LogP contribution in [0.4, 0.5) is 0 Å². The third-order valence-corrected chi connectivity index (χ3v) is 4.96. The molecule has 0 aliphatic rings. The highest BCUT2D eigenvalue weighted by molar-refractivity contribution is 7.89. The van der Waals surface area contributed by atoms with Gasteiger partial charge in [-0.05, 0) is 30.7 Å². The van der Waals surface area contributed by atoms with E-state index < -0.39 is 21.8 Å². The fourth-order valence-corrected chi connectivity index (χ4v) is 3.13. The van der Waals surface area contributed by atoms with Gasteiger partial charge in [0, 0.05) is 20.3 Å². The summed E-state index contributed by atoms with van der Waals surface area (Å²) >= 11 is 0. The first-order valence-corrected chi connectivity index (χ1v) is 10.1. The molecule has 2 aromatic rings. The van der Waals surface area contributed by atoms with E-state index in [9.17, 15) is 18.0 Å². The summed E-state index contributed by atoms with van der Waals surface area (Å²) in [7, 11) is -2.11. The number of nitrogens with zero attached hydrogens (tertiary/aromatic N) is 1. The second-order valence-corrected chi connectivity index (χ2v) is 7.51. The smallest absolute Gasteiger partial charge is 0.329 e. The van der Waals surface area contributed by atoms with Crippen LogP contribution >= 0.6 is 0 Å². The summed E-state index contributed by atoms with van der Waals surface area (Å²) in [5.41, 5.74) is 2.07. The maximum absolute atomic E-state index is 12.2. The summed E-state index contributed by atoms with van der Waals surface area (Å²) in [4.78, 5) is 23.2. The Balaban J connectivity index is 1.79. The second-order valence-electron chi connectivity index (χ2n) is 5.74. The zero-order chi connectivity index (χ0) is 21.1.